The number of hydrogen-bond acceptors (Lipinski definition) is 3. The monoisotopic (exact) mass is 236 g/mol. The van der Waals surface area contributed by atoms with Gasteiger partial charge in [-0.15, -0.1) is 0 Å². The summed E-state index contributed by atoms with van der Waals surface area (Å²) in [6, 6.07) is 8.13. The summed E-state index contributed by atoms with van der Waals surface area (Å²) in [5, 5.41) is 0. The van der Waals surface area contributed by atoms with E-state index in [4.69, 9.17) is 10.5 Å². The van der Waals surface area contributed by atoms with Gasteiger partial charge in [0.1, 0.15) is 5.75 Å². The molecule has 1 rings (SSSR count). The van der Waals surface area contributed by atoms with Gasteiger partial charge in [0.05, 0.1) is 6.61 Å². The van der Waals surface area contributed by atoms with Crippen LogP contribution in [0, 0.1) is 0 Å². The maximum Gasteiger partial charge on any atom is 0.124 e. The fraction of sp³-hybridized carbons (Fsp3) is 0.571. The van der Waals surface area contributed by atoms with Crippen molar-refractivity contribution in [2.75, 3.05) is 27.2 Å². The van der Waals surface area contributed by atoms with Crippen molar-refractivity contribution < 1.29 is 4.74 Å². The van der Waals surface area contributed by atoms with E-state index in [0.29, 0.717) is 0 Å². The summed E-state index contributed by atoms with van der Waals surface area (Å²) < 4.78 is 5.80. The van der Waals surface area contributed by atoms with Crippen molar-refractivity contribution in [3.63, 3.8) is 0 Å². The second-order valence-electron chi connectivity index (χ2n) is 4.56. The molecule has 3 nitrogen and oxygen atoms in total. The van der Waals surface area contributed by atoms with E-state index in [1.54, 1.807) is 0 Å². The SMILES string of the molecule is CC[C@@H](N)c1ccccc1OCCCN(C)C. The zero-order chi connectivity index (χ0) is 12.7. The molecule has 1 aromatic carbocycles. The van der Waals surface area contributed by atoms with E-state index in [1.807, 2.05) is 18.2 Å². The number of para-hydroxylation sites is 1. The molecule has 0 heterocycles. The highest BCUT2D eigenvalue weighted by molar-refractivity contribution is 5.35. The van der Waals surface area contributed by atoms with Gasteiger partial charge in [-0.3, -0.25) is 0 Å². The zero-order valence-corrected chi connectivity index (χ0v) is 11.1. The maximum absolute atomic E-state index is 6.06. The Labute approximate surface area is 105 Å². The number of ether oxygens (including phenoxy) is 1. The van der Waals surface area contributed by atoms with E-state index in [0.717, 1.165) is 37.3 Å². The van der Waals surface area contributed by atoms with Gasteiger partial charge in [-0.05, 0) is 33.0 Å². The van der Waals surface area contributed by atoms with Gasteiger partial charge in [0.2, 0.25) is 0 Å². The van der Waals surface area contributed by atoms with Gasteiger partial charge in [-0.25, -0.2) is 0 Å². The van der Waals surface area contributed by atoms with Crippen LogP contribution in [0.15, 0.2) is 24.3 Å². The first-order valence-corrected chi connectivity index (χ1v) is 6.27. The molecular formula is C14H24N2O. The number of nitrogens with two attached hydrogens (primary N) is 1. The van der Waals surface area contributed by atoms with Crippen LogP contribution in [0.2, 0.25) is 0 Å². The highest BCUT2D eigenvalue weighted by atomic mass is 16.5. The molecule has 0 saturated heterocycles. The van der Waals surface area contributed by atoms with Crippen LogP contribution in [0.3, 0.4) is 0 Å². The Balaban J connectivity index is 2.52. The topological polar surface area (TPSA) is 38.5 Å². The van der Waals surface area contributed by atoms with Crippen LogP contribution in [-0.4, -0.2) is 32.1 Å². The Bertz CT molecular complexity index is 326. The molecule has 0 fully saturated rings. The lowest BCUT2D eigenvalue weighted by Gasteiger charge is -2.16. The summed E-state index contributed by atoms with van der Waals surface area (Å²) in [6.07, 6.45) is 1.96. The quantitative estimate of drug-likeness (QED) is 0.739. The van der Waals surface area contributed by atoms with Gasteiger partial charge >= 0.3 is 0 Å². The summed E-state index contributed by atoms with van der Waals surface area (Å²) in [4.78, 5) is 2.16. The predicted molar refractivity (Wildman–Crippen MR) is 72.3 cm³/mol. The highest BCUT2D eigenvalue weighted by Gasteiger charge is 2.09. The molecule has 0 unspecified atom stereocenters. The van der Waals surface area contributed by atoms with Crippen molar-refractivity contribution in [3.8, 4) is 5.75 Å². The average molecular weight is 236 g/mol. The second kappa shape index (κ2) is 7.30. The van der Waals surface area contributed by atoms with Crippen molar-refractivity contribution in [2.45, 2.75) is 25.8 Å². The van der Waals surface area contributed by atoms with E-state index in [-0.39, 0.29) is 6.04 Å². The maximum atomic E-state index is 6.06. The molecule has 0 bridgehead atoms. The normalized spacial score (nSPS) is 12.8. The summed E-state index contributed by atoms with van der Waals surface area (Å²) in [5.74, 6) is 0.931. The molecule has 0 amide bonds. The summed E-state index contributed by atoms with van der Waals surface area (Å²) in [5.41, 5.74) is 7.17. The third-order valence-electron chi connectivity index (χ3n) is 2.77. The average Bonchev–Trinajstić information content (AvgIpc) is 2.34. The Hall–Kier alpha value is -1.06. The van der Waals surface area contributed by atoms with Crippen molar-refractivity contribution >= 4 is 0 Å². The molecule has 0 saturated carbocycles. The van der Waals surface area contributed by atoms with Crippen LogP contribution in [0.5, 0.6) is 5.75 Å². The molecule has 17 heavy (non-hydrogen) atoms. The Kier molecular flexibility index (Phi) is 6.01. The lowest BCUT2D eigenvalue weighted by atomic mass is 10.0. The molecule has 0 spiro atoms. The molecule has 0 aromatic heterocycles. The zero-order valence-electron chi connectivity index (χ0n) is 11.1. The molecule has 3 heteroatoms. The van der Waals surface area contributed by atoms with Crippen LogP contribution in [0.1, 0.15) is 31.4 Å². The number of benzene rings is 1. The van der Waals surface area contributed by atoms with Crippen molar-refractivity contribution in [1.29, 1.82) is 0 Å². The predicted octanol–water partition coefficient (Wildman–Crippen LogP) is 2.43. The minimum Gasteiger partial charge on any atom is -0.493 e. The van der Waals surface area contributed by atoms with Crippen molar-refractivity contribution in [2.24, 2.45) is 5.73 Å². The molecule has 1 aromatic rings. The first-order chi connectivity index (χ1) is 8.15. The van der Waals surface area contributed by atoms with Gasteiger partial charge in [0, 0.05) is 18.2 Å². The molecule has 96 valence electrons. The van der Waals surface area contributed by atoms with Crippen LogP contribution >= 0.6 is 0 Å². The highest BCUT2D eigenvalue weighted by Crippen LogP contribution is 2.25. The smallest absolute Gasteiger partial charge is 0.124 e. The fourth-order valence-corrected chi connectivity index (χ4v) is 1.70. The van der Waals surface area contributed by atoms with Gasteiger partial charge in [0.15, 0.2) is 0 Å². The summed E-state index contributed by atoms with van der Waals surface area (Å²) >= 11 is 0. The minimum absolute atomic E-state index is 0.0695. The van der Waals surface area contributed by atoms with E-state index in [2.05, 4.69) is 32.0 Å². The minimum atomic E-state index is 0.0695. The molecule has 2 N–H and O–H groups in total. The van der Waals surface area contributed by atoms with Crippen LogP contribution < -0.4 is 10.5 Å². The molecule has 0 radical (unpaired) electrons. The standard InChI is InChI=1S/C14H24N2O/c1-4-13(15)12-8-5-6-9-14(12)17-11-7-10-16(2)3/h5-6,8-9,13H,4,7,10-11,15H2,1-3H3/t13-/m1/s1. The van der Waals surface area contributed by atoms with Gasteiger partial charge in [0.25, 0.3) is 0 Å². The first kappa shape index (κ1) is 14.0. The van der Waals surface area contributed by atoms with E-state index in [1.165, 1.54) is 0 Å². The number of hydrogen-bond donors (Lipinski definition) is 1. The lowest BCUT2D eigenvalue weighted by molar-refractivity contribution is 0.278. The van der Waals surface area contributed by atoms with Gasteiger partial charge < -0.3 is 15.4 Å². The van der Waals surface area contributed by atoms with E-state index >= 15 is 0 Å². The van der Waals surface area contributed by atoms with Crippen LogP contribution in [0.25, 0.3) is 0 Å². The number of nitrogens with zero attached hydrogens (tertiary/aromatic N) is 1. The largest absolute Gasteiger partial charge is 0.493 e. The first-order valence-electron chi connectivity index (χ1n) is 6.27. The summed E-state index contributed by atoms with van der Waals surface area (Å²) in [6.45, 7) is 3.88. The third-order valence-corrected chi connectivity index (χ3v) is 2.77. The summed E-state index contributed by atoms with van der Waals surface area (Å²) in [7, 11) is 4.14. The lowest BCUT2D eigenvalue weighted by Crippen LogP contribution is -2.16. The Morgan fingerprint density at radius 2 is 2.00 bits per heavy atom. The molecule has 0 aliphatic heterocycles. The molecule has 1 atom stereocenters. The third kappa shape index (κ3) is 4.75. The molecule has 0 aliphatic carbocycles. The fourth-order valence-electron chi connectivity index (χ4n) is 1.70. The van der Waals surface area contributed by atoms with Crippen LogP contribution in [0.4, 0.5) is 0 Å². The van der Waals surface area contributed by atoms with E-state index < -0.39 is 0 Å². The van der Waals surface area contributed by atoms with Gasteiger partial charge in [-0.1, -0.05) is 25.1 Å². The van der Waals surface area contributed by atoms with Crippen LogP contribution in [-0.2, 0) is 0 Å². The Morgan fingerprint density at radius 1 is 1.29 bits per heavy atom. The van der Waals surface area contributed by atoms with Crippen molar-refractivity contribution in [3.05, 3.63) is 29.8 Å². The molecule has 0 aliphatic rings. The molecular weight excluding hydrogens is 212 g/mol. The van der Waals surface area contributed by atoms with Gasteiger partial charge in [-0.2, -0.15) is 0 Å². The second-order valence-corrected chi connectivity index (χ2v) is 4.56. The number of rotatable bonds is 7. The Morgan fingerprint density at radius 3 is 2.65 bits per heavy atom. The van der Waals surface area contributed by atoms with Crippen molar-refractivity contribution in [1.82, 2.24) is 4.90 Å². The van der Waals surface area contributed by atoms with E-state index in [9.17, 15) is 0 Å².